The van der Waals surface area contributed by atoms with Crippen molar-refractivity contribution in [3.05, 3.63) is 83.0 Å². The highest BCUT2D eigenvalue weighted by molar-refractivity contribution is 5.97. The number of nitrogens with zero attached hydrogens (tertiary/aromatic N) is 4. The molecular formula is C32H35N5O5. The Bertz CT molecular complexity index is 1500. The Morgan fingerprint density at radius 1 is 1.02 bits per heavy atom. The van der Waals surface area contributed by atoms with Crippen LogP contribution in [0.4, 0.5) is 5.82 Å². The molecule has 10 nitrogen and oxygen atoms in total. The molecule has 1 N–H and O–H groups in total. The molecular weight excluding hydrogens is 534 g/mol. The zero-order valence-electron chi connectivity index (χ0n) is 23.9. The molecule has 0 saturated carbocycles. The van der Waals surface area contributed by atoms with Crippen molar-refractivity contribution < 1.29 is 23.9 Å². The summed E-state index contributed by atoms with van der Waals surface area (Å²) in [6, 6.07) is 16.2. The monoisotopic (exact) mass is 569 g/mol. The lowest BCUT2D eigenvalue weighted by Crippen LogP contribution is -2.48. The third kappa shape index (κ3) is 5.94. The van der Waals surface area contributed by atoms with Crippen LogP contribution >= 0.6 is 0 Å². The van der Waals surface area contributed by atoms with Gasteiger partial charge in [0, 0.05) is 50.6 Å². The molecule has 2 saturated heterocycles. The molecule has 42 heavy (non-hydrogen) atoms. The zero-order valence-corrected chi connectivity index (χ0v) is 23.9. The molecule has 1 aromatic heterocycles. The van der Waals surface area contributed by atoms with Crippen molar-refractivity contribution in [3.63, 3.8) is 0 Å². The van der Waals surface area contributed by atoms with E-state index in [0.29, 0.717) is 48.1 Å². The Kier molecular flexibility index (Phi) is 7.80. The minimum absolute atomic E-state index is 0.0144. The van der Waals surface area contributed by atoms with Crippen molar-refractivity contribution in [2.75, 3.05) is 44.7 Å². The van der Waals surface area contributed by atoms with E-state index in [1.54, 1.807) is 31.4 Å². The number of aromatic nitrogens is 1. The van der Waals surface area contributed by atoms with Crippen molar-refractivity contribution >= 4 is 23.5 Å². The number of carbonyl (C=O) groups is 3. The maximum Gasteiger partial charge on any atom is 0.254 e. The second kappa shape index (κ2) is 11.8. The molecule has 6 rings (SSSR count). The summed E-state index contributed by atoms with van der Waals surface area (Å²) in [6.07, 6.45) is 3.36. The smallest absolute Gasteiger partial charge is 0.254 e. The molecule has 0 unspecified atom stereocenters. The first-order chi connectivity index (χ1) is 20.3. The number of carbonyl (C=O) groups excluding carboxylic acids is 3. The lowest BCUT2D eigenvalue weighted by atomic mass is 10.1. The molecule has 0 radical (unpaired) electrons. The summed E-state index contributed by atoms with van der Waals surface area (Å²) in [6.45, 7) is 4.62. The van der Waals surface area contributed by atoms with E-state index in [-0.39, 0.29) is 36.4 Å². The first kappa shape index (κ1) is 27.7. The van der Waals surface area contributed by atoms with Crippen LogP contribution in [0.3, 0.4) is 0 Å². The third-order valence-electron chi connectivity index (χ3n) is 8.08. The number of ether oxygens (including phenoxy) is 2. The predicted molar refractivity (Wildman–Crippen MR) is 157 cm³/mol. The highest BCUT2D eigenvalue weighted by Gasteiger charge is 2.36. The Morgan fingerprint density at radius 2 is 1.86 bits per heavy atom. The van der Waals surface area contributed by atoms with Crippen LogP contribution in [0.5, 0.6) is 11.5 Å². The molecule has 0 spiro atoms. The molecule has 3 aliphatic rings. The van der Waals surface area contributed by atoms with Gasteiger partial charge in [-0.1, -0.05) is 18.2 Å². The number of aryl methyl sites for hydroxylation is 1. The van der Waals surface area contributed by atoms with Gasteiger partial charge in [-0.25, -0.2) is 4.98 Å². The minimum Gasteiger partial charge on any atom is -0.457 e. The van der Waals surface area contributed by atoms with Gasteiger partial charge < -0.3 is 29.5 Å². The summed E-state index contributed by atoms with van der Waals surface area (Å²) < 4.78 is 12.6. The first-order valence-corrected chi connectivity index (χ1v) is 14.4. The molecule has 2 fully saturated rings. The number of hydrogen-bond donors (Lipinski definition) is 1. The number of nitrogens with one attached hydrogen (secondary N) is 1. The van der Waals surface area contributed by atoms with Crippen molar-refractivity contribution in [1.82, 2.24) is 20.1 Å². The fourth-order valence-corrected chi connectivity index (χ4v) is 5.73. The van der Waals surface area contributed by atoms with E-state index in [0.717, 1.165) is 37.1 Å². The average molecular weight is 570 g/mol. The molecule has 2 atom stereocenters. The van der Waals surface area contributed by atoms with Crippen LogP contribution < -0.4 is 15.0 Å². The number of fused-ring (bicyclic) bond motifs is 5. The molecule has 218 valence electrons. The predicted octanol–water partition coefficient (Wildman–Crippen LogP) is 3.39. The van der Waals surface area contributed by atoms with E-state index < -0.39 is 0 Å². The second-order valence-electron chi connectivity index (χ2n) is 11.2. The van der Waals surface area contributed by atoms with Gasteiger partial charge in [0.15, 0.2) is 0 Å². The number of likely N-dealkylation sites (N-methyl/N-ethyl adjacent to an activating group) is 1. The molecule has 3 aliphatic heterocycles. The van der Waals surface area contributed by atoms with Gasteiger partial charge in [-0.3, -0.25) is 14.4 Å². The van der Waals surface area contributed by atoms with E-state index in [4.69, 9.17) is 9.47 Å². The van der Waals surface area contributed by atoms with E-state index in [1.807, 2.05) is 53.1 Å². The van der Waals surface area contributed by atoms with Gasteiger partial charge in [-0.05, 0) is 67.3 Å². The van der Waals surface area contributed by atoms with Crippen molar-refractivity contribution in [3.8, 4) is 11.5 Å². The van der Waals surface area contributed by atoms with Crippen LogP contribution in [0.1, 0.15) is 44.7 Å². The summed E-state index contributed by atoms with van der Waals surface area (Å²) in [5.41, 5.74) is 2.86. The van der Waals surface area contributed by atoms with E-state index in [2.05, 4.69) is 10.3 Å². The molecule has 3 amide bonds. The molecule has 3 aromatic rings. The Hall–Kier alpha value is -4.44. The zero-order chi connectivity index (χ0) is 29.2. The van der Waals surface area contributed by atoms with Gasteiger partial charge in [-0.15, -0.1) is 0 Å². The second-order valence-corrected chi connectivity index (χ2v) is 11.2. The summed E-state index contributed by atoms with van der Waals surface area (Å²) in [4.78, 5) is 49.2. The normalized spacial score (nSPS) is 21.1. The number of hydrogen-bond acceptors (Lipinski definition) is 7. The SMILES string of the molecule is Cc1ccc2cc1Oc1cccc(c1)CO[C@H]1CN(c3cc(C(=O)N4CCCC4)ccn3)C[C@@H]1NC(=O)CN(C)C2=O. The van der Waals surface area contributed by atoms with Crippen LogP contribution in [0.25, 0.3) is 0 Å². The first-order valence-electron chi connectivity index (χ1n) is 14.4. The van der Waals surface area contributed by atoms with E-state index in [9.17, 15) is 14.4 Å². The maximum atomic E-state index is 13.2. The van der Waals surface area contributed by atoms with Gasteiger partial charge in [0.2, 0.25) is 5.91 Å². The van der Waals surface area contributed by atoms with Gasteiger partial charge >= 0.3 is 0 Å². The fraction of sp³-hybridized carbons (Fsp3) is 0.375. The third-order valence-corrected chi connectivity index (χ3v) is 8.08. The van der Waals surface area contributed by atoms with Crippen molar-refractivity contribution in [1.29, 1.82) is 0 Å². The molecule has 10 heteroatoms. The fourth-order valence-electron chi connectivity index (χ4n) is 5.73. The number of likely N-dealkylation sites (tertiary alicyclic amines) is 1. The molecule has 4 heterocycles. The van der Waals surface area contributed by atoms with Crippen LogP contribution in [-0.4, -0.2) is 84.4 Å². The molecule has 4 bridgehead atoms. The van der Waals surface area contributed by atoms with Gasteiger partial charge in [0.1, 0.15) is 17.3 Å². The topological polar surface area (TPSA) is 104 Å². The summed E-state index contributed by atoms with van der Waals surface area (Å²) >= 11 is 0. The largest absolute Gasteiger partial charge is 0.457 e. The summed E-state index contributed by atoms with van der Waals surface area (Å²) in [5.74, 6) is 1.34. The summed E-state index contributed by atoms with van der Waals surface area (Å²) in [7, 11) is 1.61. The number of anilines is 1. The van der Waals surface area contributed by atoms with Crippen LogP contribution in [-0.2, 0) is 16.1 Å². The molecule has 2 aromatic carbocycles. The van der Waals surface area contributed by atoms with E-state index in [1.165, 1.54) is 4.90 Å². The highest BCUT2D eigenvalue weighted by Crippen LogP contribution is 2.29. The number of benzene rings is 2. The Morgan fingerprint density at radius 3 is 2.69 bits per heavy atom. The van der Waals surface area contributed by atoms with Crippen LogP contribution in [0.15, 0.2) is 60.8 Å². The van der Waals surface area contributed by atoms with Gasteiger partial charge in [-0.2, -0.15) is 0 Å². The minimum atomic E-state index is -0.348. The average Bonchev–Trinajstić information content (AvgIpc) is 3.67. The Labute approximate surface area is 245 Å². The van der Waals surface area contributed by atoms with Crippen molar-refractivity contribution in [2.45, 2.75) is 38.5 Å². The molecule has 0 aliphatic carbocycles. The number of rotatable bonds is 2. The van der Waals surface area contributed by atoms with Gasteiger partial charge in [0.25, 0.3) is 11.8 Å². The van der Waals surface area contributed by atoms with Crippen molar-refractivity contribution in [2.24, 2.45) is 0 Å². The van der Waals surface area contributed by atoms with Gasteiger partial charge in [0.05, 0.1) is 25.3 Å². The number of amides is 3. The highest BCUT2D eigenvalue weighted by atomic mass is 16.5. The number of pyridine rings is 1. The maximum absolute atomic E-state index is 13.2. The lowest BCUT2D eigenvalue weighted by Gasteiger charge is -2.23. The quantitative estimate of drug-likeness (QED) is 0.505. The van der Waals surface area contributed by atoms with E-state index >= 15 is 0 Å². The lowest BCUT2D eigenvalue weighted by molar-refractivity contribution is -0.123. The Balaban J connectivity index is 1.26. The van der Waals surface area contributed by atoms with Crippen LogP contribution in [0, 0.1) is 6.92 Å². The van der Waals surface area contributed by atoms with Crippen LogP contribution in [0.2, 0.25) is 0 Å². The summed E-state index contributed by atoms with van der Waals surface area (Å²) in [5, 5.41) is 3.09. The standard InChI is InChI=1S/C32H35N5O5/c1-21-8-9-23-15-27(21)42-25-7-5-6-22(14-25)20-41-28-18-37(17-26(28)34-30(38)19-35(2)31(23)39)29-16-24(10-11-33-29)32(40)36-12-3-4-13-36/h5-11,14-16,26,28H,3-4,12-13,17-20H2,1-2H3,(H,34,38)/t26-,28-/m0/s1.